The van der Waals surface area contributed by atoms with E-state index < -0.39 is 0 Å². The molecule has 0 saturated carbocycles. The summed E-state index contributed by atoms with van der Waals surface area (Å²) < 4.78 is 0. The van der Waals surface area contributed by atoms with Gasteiger partial charge in [-0.15, -0.1) is 11.3 Å². The van der Waals surface area contributed by atoms with Crippen LogP contribution in [0.4, 0.5) is 5.13 Å². The number of rotatable bonds is 7. The first-order valence-corrected chi connectivity index (χ1v) is 7.69. The normalized spacial score (nSPS) is 14.8. The number of hydrogen-bond donors (Lipinski definition) is 1. The molecule has 0 aliphatic carbocycles. The molecule has 1 heterocycles. The van der Waals surface area contributed by atoms with Crippen molar-refractivity contribution in [2.45, 2.75) is 53.1 Å². The summed E-state index contributed by atoms with van der Waals surface area (Å²) in [5.41, 5.74) is 0. The van der Waals surface area contributed by atoms with E-state index in [1.807, 2.05) is 6.20 Å². The molecule has 0 radical (unpaired) electrons. The maximum Gasteiger partial charge on any atom is 0.185 e. The van der Waals surface area contributed by atoms with Gasteiger partial charge in [0, 0.05) is 30.2 Å². The van der Waals surface area contributed by atoms with Gasteiger partial charge in [-0.05, 0) is 32.7 Å². The van der Waals surface area contributed by atoms with Crippen molar-refractivity contribution in [3.63, 3.8) is 0 Å². The smallest absolute Gasteiger partial charge is 0.185 e. The molecule has 1 aromatic rings. The largest absolute Gasteiger partial charge is 0.348 e. The zero-order valence-corrected chi connectivity index (χ0v) is 13.3. The van der Waals surface area contributed by atoms with Crippen LogP contribution in [0.25, 0.3) is 0 Å². The van der Waals surface area contributed by atoms with Crippen LogP contribution >= 0.6 is 11.3 Å². The van der Waals surface area contributed by atoms with E-state index in [1.165, 1.54) is 11.3 Å². The SMILES string of the molecule is CCNC(C)c1cnc(N(C)C(C)CC(C)C)s1. The van der Waals surface area contributed by atoms with Crippen LogP contribution in [0.15, 0.2) is 6.20 Å². The Kier molecular flexibility index (Phi) is 6.09. The third-order valence-corrected chi connectivity index (χ3v) is 4.49. The standard InChI is InChI=1S/C14H27N3S/c1-7-15-12(5)13-9-16-14(18-13)17(6)11(4)8-10(2)3/h9-12,15H,7-8H2,1-6H3. The van der Waals surface area contributed by atoms with E-state index in [9.17, 15) is 0 Å². The average Bonchev–Trinajstić information content (AvgIpc) is 2.76. The fraction of sp³-hybridized carbons (Fsp3) is 0.786. The van der Waals surface area contributed by atoms with Gasteiger partial charge in [0.1, 0.15) is 0 Å². The molecule has 0 saturated heterocycles. The van der Waals surface area contributed by atoms with Gasteiger partial charge < -0.3 is 10.2 Å². The number of aromatic nitrogens is 1. The van der Waals surface area contributed by atoms with Crippen molar-refractivity contribution in [2.24, 2.45) is 5.92 Å². The fourth-order valence-corrected chi connectivity index (χ4v) is 3.08. The van der Waals surface area contributed by atoms with Crippen molar-refractivity contribution in [3.8, 4) is 0 Å². The first-order chi connectivity index (χ1) is 8.45. The van der Waals surface area contributed by atoms with Crippen molar-refractivity contribution in [3.05, 3.63) is 11.1 Å². The summed E-state index contributed by atoms with van der Waals surface area (Å²) in [6.07, 6.45) is 3.21. The summed E-state index contributed by atoms with van der Waals surface area (Å²) in [5, 5.41) is 4.56. The molecule has 0 amide bonds. The lowest BCUT2D eigenvalue weighted by Crippen LogP contribution is -2.29. The topological polar surface area (TPSA) is 28.2 Å². The molecule has 18 heavy (non-hydrogen) atoms. The third-order valence-electron chi connectivity index (χ3n) is 3.22. The van der Waals surface area contributed by atoms with E-state index in [4.69, 9.17) is 0 Å². The predicted molar refractivity (Wildman–Crippen MR) is 81.5 cm³/mol. The van der Waals surface area contributed by atoms with Gasteiger partial charge in [0.25, 0.3) is 0 Å². The fourth-order valence-electron chi connectivity index (χ4n) is 2.08. The average molecular weight is 269 g/mol. The molecule has 0 aliphatic rings. The van der Waals surface area contributed by atoms with Gasteiger partial charge in [-0.3, -0.25) is 0 Å². The summed E-state index contributed by atoms with van der Waals surface area (Å²) in [5.74, 6) is 0.725. The van der Waals surface area contributed by atoms with Crippen molar-refractivity contribution in [2.75, 3.05) is 18.5 Å². The van der Waals surface area contributed by atoms with Crippen LogP contribution in [0.1, 0.15) is 52.0 Å². The Labute approximate surface area is 116 Å². The number of nitrogens with zero attached hydrogens (tertiary/aromatic N) is 2. The second kappa shape index (κ2) is 7.10. The Bertz CT molecular complexity index is 349. The summed E-state index contributed by atoms with van der Waals surface area (Å²) >= 11 is 1.80. The molecule has 0 spiro atoms. The summed E-state index contributed by atoms with van der Waals surface area (Å²) in [4.78, 5) is 8.17. The molecule has 4 heteroatoms. The quantitative estimate of drug-likeness (QED) is 0.818. The summed E-state index contributed by atoms with van der Waals surface area (Å²) in [7, 11) is 2.15. The highest BCUT2D eigenvalue weighted by atomic mass is 32.1. The molecule has 0 aliphatic heterocycles. The minimum absolute atomic E-state index is 0.398. The number of thiazole rings is 1. The van der Waals surface area contributed by atoms with Gasteiger partial charge in [0.2, 0.25) is 0 Å². The maximum absolute atomic E-state index is 4.55. The van der Waals surface area contributed by atoms with Crippen LogP contribution in [0, 0.1) is 5.92 Å². The van der Waals surface area contributed by atoms with Crippen LogP contribution in [0.3, 0.4) is 0 Å². The summed E-state index contributed by atoms with van der Waals surface area (Å²) in [6.45, 7) is 12.1. The van der Waals surface area contributed by atoms with Gasteiger partial charge in [-0.25, -0.2) is 4.98 Å². The third kappa shape index (κ3) is 4.25. The second-order valence-corrected chi connectivity index (χ2v) is 6.45. The molecule has 104 valence electrons. The molecule has 0 aromatic carbocycles. The minimum atomic E-state index is 0.398. The van der Waals surface area contributed by atoms with E-state index in [1.54, 1.807) is 11.3 Å². The van der Waals surface area contributed by atoms with Crippen LogP contribution in [-0.4, -0.2) is 24.6 Å². The van der Waals surface area contributed by atoms with Crippen LogP contribution in [-0.2, 0) is 0 Å². The minimum Gasteiger partial charge on any atom is -0.348 e. The molecule has 2 unspecified atom stereocenters. The van der Waals surface area contributed by atoms with E-state index >= 15 is 0 Å². The number of hydrogen-bond acceptors (Lipinski definition) is 4. The maximum atomic E-state index is 4.55. The van der Waals surface area contributed by atoms with Crippen molar-refractivity contribution in [1.82, 2.24) is 10.3 Å². The Balaban J connectivity index is 2.66. The molecule has 1 aromatic heterocycles. The highest BCUT2D eigenvalue weighted by Gasteiger charge is 2.16. The second-order valence-electron chi connectivity index (χ2n) is 5.41. The lowest BCUT2D eigenvalue weighted by Gasteiger charge is -2.25. The van der Waals surface area contributed by atoms with Gasteiger partial charge in [-0.1, -0.05) is 20.8 Å². The van der Waals surface area contributed by atoms with Gasteiger partial charge in [0.15, 0.2) is 5.13 Å². The molecule has 3 nitrogen and oxygen atoms in total. The van der Waals surface area contributed by atoms with Gasteiger partial charge in [-0.2, -0.15) is 0 Å². The lowest BCUT2D eigenvalue weighted by molar-refractivity contribution is 0.504. The van der Waals surface area contributed by atoms with Gasteiger partial charge >= 0.3 is 0 Å². The highest BCUT2D eigenvalue weighted by molar-refractivity contribution is 7.15. The van der Waals surface area contributed by atoms with Crippen LogP contribution in [0.5, 0.6) is 0 Å². The van der Waals surface area contributed by atoms with Crippen molar-refractivity contribution >= 4 is 16.5 Å². The molecular formula is C14H27N3S. The first kappa shape index (κ1) is 15.4. The van der Waals surface area contributed by atoms with Crippen molar-refractivity contribution < 1.29 is 0 Å². The number of nitrogens with one attached hydrogen (secondary N) is 1. The van der Waals surface area contributed by atoms with E-state index in [-0.39, 0.29) is 0 Å². The first-order valence-electron chi connectivity index (χ1n) is 6.87. The van der Waals surface area contributed by atoms with Crippen LogP contribution in [0.2, 0.25) is 0 Å². The Morgan fingerprint density at radius 3 is 2.56 bits per heavy atom. The molecular weight excluding hydrogens is 242 g/mol. The van der Waals surface area contributed by atoms with Crippen LogP contribution < -0.4 is 10.2 Å². The Morgan fingerprint density at radius 1 is 1.33 bits per heavy atom. The lowest BCUT2D eigenvalue weighted by atomic mass is 10.0. The Morgan fingerprint density at radius 2 is 2.00 bits per heavy atom. The molecule has 0 bridgehead atoms. The van der Waals surface area contributed by atoms with E-state index in [0.717, 1.165) is 17.6 Å². The zero-order chi connectivity index (χ0) is 13.7. The van der Waals surface area contributed by atoms with Crippen molar-refractivity contribution in [1.29, 1.82) is 0 Å². The van der Waals surface area contributed by atoms with E-state index in [0.29, 0.717) is 12.1 Å². The highest BCUT2D eigenvalue weighted by Crippen LogP contribution is 2.28. The van der Waals surface area contributed by atoms with E-state index in [2.05, 4.69) is 56.9 Å². The molecule has 1 N–H and O–H groups in total. The zero-order valence-electron chi connectivity index (χ0n) is 12.5. The Hall–Kier alpha value is -0.610. The molecule has 0 fully saturated rings. The molecule has 2 atom stereocenters. The monoisotopic (exact) mass is 269 g/mol. The molecule has 1 rings (SSSR count). The number of anilines is 1. The summed E-state index contributed by atoms with van der Waals surface area (Å²) in [6, 6.07) is 0.938. The predicted octanol–water partition coefficient (Wildman–Crippen LogP) is 3.68. The van der Waals surface area contributed by atoms with Gasteiger partial charge in [0.05, 0.1) is 0 Å².